The topological polar surface area (TPSA) is 104 Å². The van der Waals surface area contributed by atoms with Gasteiger partial charge in [-0.1, -0.05) is 44.7 Å². The minimum absolute atomic E-state index is 0. The van der Waals surface area contributed by atoms with Crippen LogP contribution in [0.1, 0.15) is 58.2 Å². The number of carboxylic acids is 1. The maximum absolute atomic E-state index is 14.6. The second kappa shape index (κ2) is 15.0. The van der Waals surface area contributed by atoms with Gasteiger partial charge in [0.1, 0.15) is 17.4 Å². The van der Waals surface area contributed by atoms with Gasteiger partial charge in [-0.05, 0) is 37.5 Å². The van der Waals surface area contributed by atoms with Crippen LogP contribution in [0.5, 0.6) is 0 Å². The minimum atomic E-state index is -2.99. The van der Waals surface area contributed by atoms with Gasteiger partial charge in [0.2, 0.25) is 0 Å². The Kier molecular flexibility index (Phi) is 13.2. The number of fused-ring (bicyclic) bond motifs is 1. The van der Waals surface area contributed by atoms with E-state index < -0.39 is 42.4 Å². The summed E-state index contributed by atoms with van der Waals surface area (Å²) in [6.45, 7) is 8.85. The Balaban J connectivity index is 0.000000902. The second-order valence-corrected chi connectivity index (χ2v) is 11.9. The van der Waals surface area contributed by atoms with E-state index in [1.807, 2.05) is 24.6 Å². The van der Waals surface area contributed by atoms with Gasteiger partial charge in [-0.15, -0.1) is 5.60 Å². The Labute approximate surface area is 285 Å². The molecule has 1 fully saturated rings. The van der Waals surface area contributed by atoms with Crippen LogP contribution in [0.15, 0.2) is 35.7 Å². The zero-order chi connectivity index (χ0) is 29.8. The molecule has 4 rings (SSSR count). The molecule has 13 heteroatoms. The van der Waals surface area contributed by atoms with Crippen LogP contribution in [0.2, 0.25) is 0 Å². The molecule has 0 saturated carbocycles. The summed E-state index contributed by atoms with van der Waals surface area (Å²) in [5.74, 6) is -4.26. The van der Waals surface area contributed by atoms with Gasteiger partial charge < -0.3 is 24.4 Å². The van der Waals surface area contributed by atoms with Crippen molar-refractivity contribution < 1.29 is 84.3 Å². The average molecular weight is 621 g/mol. The van der Waals surface area contributed by atoms with Gasteiger partial charge in [0.25, 0.3) is 5.92 Å². The number of ether oxygens (including phenoxy) is 1. The summed E-state index contributed by atoms with van der Waals surface area (Å²) in [5.41, 5.74) is 2.06. The molecular weight excluding hydrogens is 584 g/mol. The fourth-order valence-electron chi connectivity index (χ4n) is 4.31. The van der Waals surface area contributed by atoms with Crippen molar-refractivity contribution in [1.82, 2.24) is 14.5 Å². The molecule has 0 aliphatic carbocycles. The van der Waals surface area contributed by atoms with E-state index in [1.54, 1.807) is 37.9 Å². The van der Waals surface area contributed by atoms with Crippen molar-refractivity contribution in [1.29, 1.82) is 0 Å². The summed E-state index contributed by atoms with van der Waals surface area (Å²) in [4.78, 5) is 21.8. The number of nitrogens with zero attached hydrogens (tertiary/aromatic N) is 4. The first-order valence-electron chi connectivity index (χ1n) is 12.9. The number of carboxylic acid groups (broad SMARTS) is 1. The van der Waals surface area contributed by atoms with Crippen molar-refractivity contribution in [3.05, 3.63) is 47.5 Å². The van der Waals surface area contributed by atoms with Crippen LogP contribution in [-0.2, 0) is 21.7 Å². The van der Waals surface area contributed by atoms with Gasteiger partial charge in [0.05, 0.1) is 30.4 Å². The predicted molar refractivity (Wildman–Crippen MR) is 148 cm³/mol. The van der Waals surface area contributed by atoms with Gasteiger partial charge in [-0.25, -0.2) is 23.1 Å². The first kappa shape index (κ1) is 36.0. The van der Waals surface area contributed by atoms with Crippen LogP contribution in [0.3, 0.4) is 0 Å². The molecule has 1 aliphatic rings. The third-order valence-corrected chi connectivity index (χ3v) is 7.00. The summed E-state index contributed by atoms with van der Waals surface area (Å²) in [5, 5.41) is 19.5. The number of hydrogen-bond acceptors (Lipinski definition) is 7. The number of alkyl halides is 2. The number of rotatable bonds is 8. The van der Waals surface area contributed by atoms with Crippen molar-refractivity contribution in [3.63, 3.8) is 0 Å². The maximum atomic E-state index is 14.6. The summed E-state index contributed by atoms with van der Waals surface area (Å²) < 4.78 is 50.1. The molecule has 220 valence electrons. The van der Waals surface area contributed by atoms with E-state index in [0.29, 0.717) is 28.7 Å². The maximum Gasteiger partial charge on any atom is 1.00 e. The van der Waals surface area contributed by atoms with Crippen LogP contribution in [0.25, 0.3) is 11.0 Å². The Hall–Kier alpha value is -1.19. The van der Waals surface area contributed by atoms with E-state index in [-0.39, 0.29) is 69.4 Å². The number of carbonyl (C=O) groups is 1. The molecule has 1 N–H and O–H groups in total. The largest absolute Gasteiger partial charge is 1.00 e. The zero-order valence-corrected chi connectivity index (χ0v) is 28.5. The SMILES string of the molecule is CC(C)(C)[O-].COC1CCN(c2cn(C(C)C)c3cnc(SCc4ccc(F)c(CC(=O)O)c4)nc23)CC1(F)F.[K+]. The molecule has 2 aromatic heterocycles. The third kappa shape index (κ3) is 10.2. The number of piperidine rings is 1. The Morgan fingerprint density at radius 3 is 2.54 bits per heavy atom. The van der Waals surface area contributed by atoms with Crippen LogP contribution in [-0.4, -0.2) is 63.4 Å². The fraction of sp³-hybridized carbons (Fsp3) is 0.536. The zero-order valence-electron chi connectivity index (χ0n) is 24.6. The molecule has 0 radical (unpaired) electrons. The third-order valence-electron chi connectivity index (χ3n) is 6.06. The van der Waals surface area contributed by atoms with Crippen LogP contribution in [0.4, 0.5) is 18.9 Å². The number of anilines is 1. The molecule has 8 nitrogen and oxygen atoms in total. The van der Waals surface area contributed by atoms with Gasteiger partial charge in [-0.3, -0.25) is 4.79 Å². The monoisotopic (exact) mass is 620 g/mol. The Bertz CT molecular complexity index is 1330. The normalized spacial score (nSPS) is 16.8. The first-order chi connectivity index (χ1) is 18.6. The van der Waals surface area contributed by atoms with E-state index >= 15 is 0 Å². The van der Waals surface area contributed by atoms with Gasteiger partial charge in [0.15, 0.2) is 5.16 Å². The summed E-state index contributed by atoms with van der Waals surface area (Å²) in [6, 6.07) is 4.45. The Morgan fingerprint density at radius 2 is 1.98 bits per heavy atom. The molecule has 0 bridgehead atoms. The number of methoxy groups -OCH3 is 1. The quantitative estimate of drug-likeness (QED) is 0.232. The van der Waals surface area contributed by atoms with Crippen molar-refractivity contribution in [2.24, 2.45) is 0 Å². The molecule has 41 heavy (non-hydrogen) atoms. The summed E-state index contributed by atoms with van der Waals surface area (Å²) in [6.07, 6.45) is 2.23. The molecule has 1 unspecified atom stereocenters. The number of aromatic nitrogens is 3. The van der Waals surface area contributed by atoms with Crippen molar-refractivity contribution >= 4 is 34.5 Å². The molecular formula is C28H36F3KN4O4S. The van der Waals surface area contributed by atoms with Gasteiger partial charge in [-0.2, -0.15) is 0 Å². The molecule has 3 heterocycles. The molecule has 1 atom stereocenters. The Morgan fingerprint density at radius 1 is 1.32 bits per heavy atom. The number of thioether (sulfide) groups is 1. The average Bonchev–Trinajstić information content (AvgIpc) is 3.22. The van der Waals surface area contributed by atoms with Crippen molar-refractivity contribution in [2.45, 2.75) is 82.0 Å². The number of benzene rings is 1. The number of halogens is 3. The van der Waals surface area contributed by atoms with E-state index in [2.05, 4.69) is 9.97 Å². The minimum Gasteiger partial charge on any atom is -0.850 e. The predicted octanol–water partition coefficient (Wildman–Crippen LogP) is 2.08. The van der Waals surface area contributed by atoms with Crippen molar-refractivity contribution in [2.75, 3.05) is 25.1 Å². The van der Waals surface area contributed by atoms with Crippen LogP contribution in [0, 0.1) is 5.82 Å². The fourth-order valence-corrected chi connectivity index (χ4v) is 5.07. The van der Waals surface area contributed by atoms with Crippen LogP contribution < -0.4 is 61.4 Å². The summed E-state index contributed by atoms with van der Waals surface area (Å²) >= 11 is 1.31. The van der Waals surface area contributed by atoms with E-state index in [0.717, 1.165) is 11.1 Å². The van der Waals surface area contributed by atoms with E-state index in [1.165, 1.54) is 31.0 Å². The van der Waals surface area contributed by atoms with Gasteiger partial charge >= 0.3 is 57.4 Å². The smallest absolute Gasteiger partial charge is 0.850 e. The van der Waals surface area contributed by atoms with Gasteiger partial charge in [0, 0.05) is 31.6 Å². The van der Waals surface area contributed by atoms with E-state index in [4.69, 9.17) is 9.84 Å². The van der Waals surface area contributed by atoms with Crippen molar-refractivity contribution in [3.8, 4) is 0 Å². The molecule has 1 saturated heterocycles. The first-order valence-corrected chi connectivity index (χ1v) is 13.9. The van der Waals surface area contributed by atoms with E-state index in [9.17, 15) is 23.1 Å². The number of hydrogen-bond donors (Lipinski definition) is 1. The molecule has 0 spiro atoms. The standard InChI is InChI=1S/C24H27F3N4O3S.C4H9O.K/c1-14(2)31-11-19(30-7-6-20(34-3)24(26,27)13-30)22-18(31)10-28-23(29-22)35-12-15-4-5-17(25)16(8-15)9-21(32)33;1-4(2,3)5;/h4-5,8,10-11,14,20H,6-7,9,12-13H2,1-3H3,(H,32,33);1-3H3;/q;-1;+1. The van der Waals surface area contributed by atoms with Crippen LogP contribution >= 0.6 is 11.8 Å². The molecule has 1 aromatic carbocycles. The second-order valence-electron chi connectivity index (χ2n) is 11.0. The molecule has 1 aliphatic heterocycles. The molecule has 0 amide bonds. The summed E-state index contributed by atoms with van der Waals surface area (Å²) in [7, 11) is 1.31. The molecule has 3 aromatic rings. The number of aliphatic carboxylic acids is 1.